The van der Waals surface area contributed by atoms with Crippen molar-refractivity contribution >= 4 is 5.91 Å². The highest BCUT2D eigenvalue weighted by Gasteiger charge is 2.20. The lowest BCUT2D eigenvalue weighted by Gasteiger charge is -2.25. The Hall–Kier alpha value is -1.75. The molecule has 1 aromatic rings. The Balaban J connectivity index is 2.83. The Morgan fingerprint density at radius 1 is 1.29 bits per heavy atom. The van der Waals surface area contributed by atoms with E-state index in [2.05, 4.69) is 5.32 Å². The molecule has 0 fully saturated rings. The van der Waals surface area contributed by atoms with Crippen molar-refractivity contribution in [3.63, 3.8) is 0 Å². The molecule has 0 saturated heterocycles. The van der Waals surface area contributed by atoms with Crippen molar-refractivity contribution in [3.05, 3.63) is 23.8 Å². The second kappa shape index (κ2) is 5.05. The van der Waals surface area contributed by atoms with Gasteiger partial charge in [0.15, 0.2) is 0 Å². The number of hydrogen-bond donors (Lipinski definition) is 4. The SMILES string of the molecule is CC(C)(CCN)NC(=O)c1cc(O)cc(O)c1. The molecule has 0 bridgehead atoms. The molecule has 0 spiro atoms. The molecule has 0 aliphatic heterocycles. The number of carbonyl (C=O) groups is 1. The summed E-state index contributed by atoms with van der Waals surface area (Å²) in [6.45, 7) is 4.19. The fraction of sp³-hybridized carbons (Fsp3) is 0.417. The van der Waals surface area contributed by atoms with Crippen LogP contribution in [0.25, 0.3) is 0 Å². The van der Waals surface area contributed by atoms with Gasteiger partial charge in [0, 0.05) is 17.2 Å². The summed E-state index contributed by atoms with van der Waals surface area (Å²) in [6.07, 6.45) is 0.642. The number of amides is 1. The number of benzene rings is 1. The maximum absolute atomic E-state index is 11.9. The molecule has 0 unspecified atom stereocenters. The lowest BCUT2D eigenvalue weighted by atomic mass is 10.00. The highest BCUT2D eigenvalue weighted by molar-refractivity contribution is 5.95. The van der Waals surface area contributed by atoms with Crippen LogP contribution in [0.3, 0.4) is 0 Å². The highest BCUT2D eigenvalue weighted by atomic mass is 16.3. The molecule has 94 valence electrons. The van der Waals surface area contributed by atoms with Crippen molar-refractivity contribution < 1.29 is 15.0 Å². The molecule has 17 heavy (non-hydrogen) atoms. The maximum Gasteiger partial charge on any atom is 0.251 e. The molecule has 5 heteroatoms. The van der Waals surface area contributed by atoms with Crippen LogP contribution in [-0.4, -0.2) is 28.2 Å². The van der Waals surface area contributed by atoms with E-state index in [4.69, 9.17) is 5.73 Å². The third-order valence-electron chi connectivity index (χ3n) is 2.39. The molecule has 0 saturated carbocycles. The Bertz CT molecular complexity index is 396. The van der Waals surface area contributed by atoms with Crippen LogP contribution in [0.4, 0.5) is 0 Å². The summed E-state index contributed by atoms with van der Waals surface area (Å²) in [5.41, 5.74) is 5.24. The summed E-state index contributed by atoms with van der Waals surface area (Å²) >= 11 is 0. The van der Waals surface area contributed by atoms with E-state index in [9.17, 15) is 15.0 Å². The molecule has 0 heterocycles. The van der Waals surface area contributed by atoms with E-state index >= 15 is 0 Å². The van der Waals surface area contributed by atoms with E-state index < -0.39 is 5.54 Å². The average molecular weight is 238 g/mol. The third kappa shape index (κ3) is 3.96. The van der Waals surface area contributed by atoms with Gasteiger partial charge in [-0.1, -0.05) is 0 Å². The topological polar surface area (TPSA) is 95.6 Å². The van der Waals surface area contributed by atoms with E-state index in [-0.39, 0.29) is 23.0 Å². The van der Waals surface area contributed by atoms with Gasteiger partial charge in [0.25, 0.3) is 5.91 Å². The molecule has 0 aliphatic carbocycles. The molecule has 5 N–H and O–H groups in total. The predicted molar refractivity (Wildman–Crippen MR) is 65.0 cm³/mol. The molecule has 0 atom stereocenters. The summed E-state index contributed by atoms with van der Waals surface area (Å²) in [5, 5.41) is 21.4. The second-order valence-corrected chi connectivity index (χ2v) is 4.61. The van der Waals surface area contributed by atoms with Crippen LogP contribution < -0.4 is 11.1 Å². The lowest BCUT2D eigenvalue weighted by Crippen LogP contribution is -2.44. The first-order valence-electron chi connectivity index (χ1n) is 5.40. The minimum absolute atomic E-state index is 0.146. The van der Waals surface area contributed by atoms with Gasteiger partial charge in [0.05, 0.1) is 0 Å². The summed E-state index contributed by atoms with van der Waals surface area (Å²) in [6, 6.07) is 3.77. The number of nitrogens with one attached hydrogen (secondary N) is 1. The maximum atomic E-state index is 11.9. The fourth-order valence-electron chi connectivity index (χ4n) is 1.53. The number of rotatable bonds is 4. The van der Waals surface area contributed by atoms with E-state index in [0.717, 1.165) is 0 Å². The molecule has 0 aromatic heterocycles. The van der Waals surface area contributed by atoms with Crippen LogP contribution in [0.1, 0.15) is 30.6 Å². The van der Waals surface area contributed by atoms with Crippen molar-refractivity contribution in [1.82, 2.24) is 5.32 Å². The molecule has 0 radical (unpaired) electrons. The smallest absolute Gasteiger partial charge is 0.251 e. The van der Waals surface area contributed by atoms with Gasteiger partial charge in [-0.15, -0.1) is 0 Å². The number of aromatic hydroxyl groups is 2. The van der Waals surface area contributed by atoms with Crippen LogP contribution in [0.2, 0.25) is 0 Å². The third-order valence-corrected chi connectivity index (χ3v) is 2.39. The van der Waals surface area contributed by atoms with Gasteiger partial charge < -0.3 is 21.3 Å². The number of hydrogen-bond acceptors (Lipinski definition) is 4. The fourth-order valence-corrected chi connectivity index (χ4v) is 1.53. The lowest BCUT2D eigenvalue weighted by molar-refractivity contribution is 0.0909. The molecule has 1 rings (SSSR count). The average Bonchev–Trinajstić information content (AvgIpc) is 2.14. The van der Waals surface area contributed by atoms with E-state index in [1.165, 1.54) is 18.2 Å². The second-order valence-electron chi connectivity index (χ2n) is 4.61. The van der Waals surface area contributed by atoms with Crippen LogP contribution in [0.15, 0.2) is 18.2 Å². The minimum Gasteiger partial charge on any atom is -0.508 e. The summed E-state index contributed by atoms with van der Waals surface area (Å²) in [4.78, 5) is 11.9. The molecule has 1 amide bonds. The largest absolute Gasteiger partial charge is 0.508 e. The first kappa shape index (κ1) is 13.3. The summed E-state index contributed by atoms with van der Waals surface area (Å²) in [5.74, 6) is -0.645. The number of nitrogens with two attached hydrogens (primary N) is 1. The van der Waals surface area contributed by atoms with Crippen LogP contribution in [0.5, 0.6) is 11.5 Å². The van der Waals surface area contributed by atoms with Gasteiger partial charge in [-0.25, -0.2) is 0 Å². The van der Waals surface area contributed by atoms with Crippen molar-refractivity contribution in [2.45, 2.75) is 25.8 Å². The van der Waals surface area contributed by atoms with Gasteiger partial charge >= 0.3 is 0 Å². The molecule has 5 nitrogen and oxygen atoms in total. The Kier molecular flexibility index (Phi) is 3.96. The van der Waals surface area contributed by atoms with E-state index in [1.54, 1.807) is 0 Å². The zero-order valence-electron chi connectivity index (χ0n) is 10.0. The molecular weight excluding hydrogens is 220 g/mol. The quantitative estimate of drug-likeness (QED) is 0.628. The zero-order chi connectivity index (χ0) is 13.1. The first-order chi connectivity index (χ1) is 7.84. The number of carbonyl (C=O) groups excluding carboxylic acids is 1. The number of phenols is 2. The molecule has 1 aromatic carbocycles. The van der Waals surface area contributed by atoms with E-state index in [1.807, 2.05) is 13.8 Å². The van der Waals surface area contributed by atoms with Crippen LogP contribution >= 0.6 is 0 Å². The summed E-state index contributed by atoms with van der Waals surface area (Å²) in [7, 11) is 0. The van der Waals surface area contributed by atoms with Gasteiger partial charge in [0.2, 0.25) is 0 Å². The summed E-state index contributed by atoms with van der Waals surface area (Å²) < 4.78 is 0. The highest BCUT2D eigenvalue weighted by Crippen LogP contribution is 2.21. The predicted octanol–water partition coefficient (Wildman–Crippen LogP) is 0.955. The Morgan fingerprint density at radius 2 is 1.82 bits per heavy atom. The van der Waals surface area contributed by atoms with Gasteiger partial charge in [-0.2, -0.15) is 0 Å². The first-order valence-corrected chi connectivity index (χ1v) is 5.40. The normalized spacial score (nSPS) is 11.2. The van der Waals surface area contributed by atoms with Gasteiger partial charge in [-0.05, 0) is 38.9 Å². The van der Waals surface area contributed by atoms with Crippen molar-refractivity contribution in [3.8, 4) is 11.5 Å². The zero-order valence-corrected chi connectivity index (χ0v) is 10.0. The van der Waals surface area contributed by atoms with Gasteiger partial charge in [0.1, 0.15) is 11.5 Å². The van der Waals surface area contributed by atoms with Gasteiger partial charge in [-0.3, -0.25) is 4.79 Å². The monoisotopic (exact) mass is 238 g/mol. The molecular formula is C12H18N2O3. The minimum atomic E-state index is -0.424. The van der Waals surface area contributed by atoms with Crippen molar-refractivity contribution in [1.29, 1.82) is 0 Å². The standard InChI is InChI=1S/C12H18N2O3/c1-12(2,3-4-13)14-11(17)8-5-9(15)7-10(16)6-8/h5-7,15-16H,3-4,13H2,1-2H3,(H,14,17). The number of phenolic OH excluding ortho intramolecular Hbond substituents is 2. The van der Waals surface area contributed by atoms with E-state index in [0.29, 0.717) is 13.0 Å². The molecule has 0 aliphatic rings. The Labute approximate surface area is 100 Å². The van der Waals surface area contributed by atoms with Crippen molar-refractivity contribution in [2.75, 3.05) is 6.54 Å². The van der Waals surface area contributed by atoms with Crippen LogP contribution in [-0.2, 0) is 0 Å². The Morgan fingerprint density at radius 3 is 2.29 bits per heavy atom. The van der Waals surface area contributed by atoms with Crippen LogP contribution in [0, 0.1) is 0 Å². The van der Waals surface area contributed by atoms with Crippen molar-refractivity contribution in [2.24, 2.45) is 5.73 Å².